The summed E-state index contributed by atoms with van der Waals surface area (Å²) in [7, 11) is 2.04. The van der Waals surface area contributed by atoms with E-state index < -0.39 is 0 Å². The lowest BCUT2D eigenvalue weighted by molar-refractivity contribution is -0.139. The van der Waals surface area contributed by atoms with E-state index in [2.05, 4.69) is 0 Å². The van der Waals surface area contributed by atoms with Crippen molar-refractivity contribution >= 4 is 31.0 Å². The van der Waals surface area contributed by atoms with Gasteiger partial charge in [0.15, 0.2) is 0 Å². The lowest BCUT2D eigenvalue weighted by Crippen LogP contribution is -2.06. The topological polar surface area (TPSA) is 26.3 Å². The maximum atomic E-state index is 11.0. The summed E-state index contributed by atoms with van der Waals surface area (Å²) in [6.45, 7) is 2.27. The normalized spacial score (nSPS) is 9.79. The molecule has 14 heavy (non-hydrogen) atoms. The second-order valence-electron chi connectivity index (χ2n) is 2.91. The molecule has 4 heteroatoms. The molecule has 0 bridgehead atoms. The largest absolute Gasteiger partial charge is 0.465 e. The number of carbonyl (C=O) groups excluding carboxylic acids is 1. The summed E-state index contributed by atoms with van der Waals surface area (Å²) >= 11 is 1.50. The Morgan fingerprint density at radius 2 is 2.07 bits per heavy atom. The van der Waals surface area contributed by atoms with Crippen LogP contribution >= 0.6 is 11.8 Å². The Morgan fingerprint density at radius 3 is 2.64 bits per heavy atom. The molecule has 0 fully saturated rings. The van der Waals surface area contributed by atoms with Crippen LogP contribution in [0.15, 0.2) is 29.2 Å². The van der Waals surface area contributed by atoms with Crippen molar-refractivity contribution in [1.29, 1.82) is 0 Å². The molecule has 0 heterocycles. The molecule has 1 rings (SSSR count). The minimum Gasteiger partial charge on any atom is -0.465 e. The van der Waals surface area contributed by atoms with E-state index in [1.165, 1.54) is 17.2 Å². The molecule has 74 valence electrons. The summed E-state index contributed by atoms with van der Waals surface area (Å²) in [6, 6.07) is 8.10. The van der Waals surface area contributed by atoms with Crippen molar-refractivity contribution in [2.75, 3.05) is 12.4 Å². The van der Waals surface area contributed by atoms with Gasteiger partial charge in [-0.25, -0.2) is 0 Å². The smallest absolute Gasteiger partial charge is 0.316 e. The fraction of sp³-hybridized carbons (Fsp3) is 0.300. The summed E-state index contributed by atoms with van der Waals surface area (Å²) in [6.07, 6.45) is 0. The zero-order valence-electron chi connectivity index (χ0n) is 8.45. The van der Waals surface area contributed by atoms with Crippen molar-refractivity contribution in [2.45, 2.75) is 11.8 Å². The van der Waals surface area contributed by atoms with Crippen LogP contribution in [0.3, 0.4) is 0 Å². The number of benzene rings is 1. The Balaban J connectivity index is 2.38. The zero-order valence-corrected chi connectivity index (χ0v) is 9.26. The molecule has 0 unspecified atom stereocenters. The average molecular weight is 208 g/mol. The number of hydrogen-bond donors (Lipinski definition) is 0. The quantitative estimate of drug-likeness (QED) is 0.411. The molecular weight excluding hydrogens is 195 g/mol. The maximum absolute atomic E-state index is 11.0. The molecule has 0 spiro atoms. The third kappa shape index (κ3) is 3.88. The van der Waals surface area contributed by atoms with Gasteiger partial charge in [-0.2, -0.15) is 0 Å². The van der Waals surface area contributed by atoms with E-state index in [9.17, 15) is 4.79 Å². The van der Waals surface area contributed by atoms with Crippen LogP contribution in [0.4, 0.5) is 0 Å². The van der Waals surface area contributed by atoms with Crippen molar-refractivity contribution in [2.24, 2.45) is 0 Å². The van der Waals surface area contributed by atoms with Gasteiger partial charge >= 0.3 is 5.97 Å². The molecule has 2 nitrogen and oxygen atoms in total. The van der Waals surface area contributed by atoms with Crippen LogP contribution in [-0.2, 0) is 9.53 Å². The number of thioether (sulfide) groups is 1. The first kappa shape index (κ1) is 11.2. The molecule has 0 aromatic heterocycles. The van der Waals surface area contributed by atoms with Crippen LogP contribution in [0.25, 0.3) is 0 Å². The van der Waals surface area contributed by atoms with Gasteiger partial charge in [0.1, 0.15) is 7.85 Å². The van der Waals surface area contributed by atoms with Gasteiger partial charge in [-0.3, -0.25) is 4.79 Å². The first-order valence-corrected chi connectivity index (χ1v) is 5.56. The van der Waals surface area contributed by atoms with E-state index >= 15 is 0 Å². The average Bonchev–Trinajstić information content (AvgIpc) is 2.17. The number of hydrogen-bond acceptors (Lipinski definition) is 3. The third-order valence-electron chi connectivity index (χ3n) is 1.68. The summed E-state index contributed by atoms with van der Waals surface area (Å²) in [4.78, 5) is 12.1. The van der Waals surface area contributed by atoms with E-state index in [1.807, 2.05) is 39.0 Å². The number of carbonyl (C=O) groups is 1. The third-order valence-corrected chi connectivity index (χ3v) is 2.67. The Hall–Kier alpha value is -0.895. The standard InChI is InChI=1S/C10H13BO2S/c1-2-13-10(12)7-14-9-5-3-8(11)4-6-9/h3-6H,2,7,11H2,1H3. The van der Waals surface area contributed by atoms with Crippen molar-refractivity contribution < 1.29 is 9.53 Å². The predicted octanol–water partition coefficient (Wildman–Crippen LogP) is 0.600. The van der Waals surface area contributed by atoms with Crippen LogP contribution in [0.5, 0.6) is 0 Å². The van der Waals surface area contributed by atoms with Crippen LogP contribution in [-0.4, -0.2) is 26.2 Å². The van der Waals surface area contributed by atoms with Gasteiger partial charge < -0.3 is 4.74 Å². The molecule has 0 atom stereocenters. The van der Waals surface area contributed by atoms with Gasteiger partial charge in [0.2, 0.25) is 0 Å². The molecule has 1 aromatic carbocycles. The van der Waals surface area contributed by atoms with Gasteiger partial charge in [0, 0.05) is 4.90 Å². The summed E-state index contributed by atoms with van der Waals surface area (Å²) in [5.41, 5.74) is 1.23. The van der Waals surface area contributed by atoms with Crippen molar-refractivity contribution in [3.63, 3.8) is 0 Å². The summed E-state index contributed by atoms with van der Waals surface area (Å²) < 4.78 is 4.83. The fourth-order valence-electron chi connectivity index (χ4n) is 0.979. The molecule has 0 aliphatic rings. The fourth-order valence-corrected chi connectivity index (χ4v) is 1.68. The zero-order chi connectivity index (χ0) is 10.4. The second kappa shape index (κ2) is 5.76. The molecule has 1 aromatic rings. The van der Waals surface area contributed by atoms with Gasteiger partial charge in [0.25, 0.3) is 0 Å². The minimum atomic E-state index is -0.155. The van der Waals surface area contributed by atoms with Gasteiger partial charge in [-0.15, -0.1) is 11.8 Å². The van der Waals surface area contributed by atoms with Crippen LogP contribution in [0, 0.1) is 0 Å². The number of ether oxygens (including phenoxy) is 1. The molecule has 0 amide bonds. The molecule has 0 aliphatic carbocycles. The Morgan fingerprint density at radius 1 is 1.43 bits per heavy atom. The molecule has 0 aliphatic heterocycles. The molecule has 0 N–H and O–H groups in total. The minimum absolute atomic E-state index is 0.155. The van der Waals surface area contributed by atoms with Crippen molar-refractivity contribution in [3.8, 4) is 0 Å². The van der Waals surface area contributed by atoms with Gasteiger partial charge in [0.05, 0.1) is 12.4 Å². The highest BCUT2D eigenvalue weighted by molar-refractivity contribution is 8.00. The van der Waals surface area contributed by atoms with E-state index in [0.717, 1.165) is 4.90 Å². The first-order chi connectivity index (χ1) is 6.72. The highest BCUT2D eigenvalue weighted by atomic mass is 32.2. The second-order valence-corrected chi connectivity index (χ2v) is 3.96. The molecule has 0 saturated carbocycles. The van der Waals surface area contributed by atoms with Gasteiger partial charge in [-0.05, 0) is 19.1 Å². The summed E-state index contributed by atoms with van der Waals surface area (Å²) in [5, 5.41) is 0. The summed E-state index contributed by atoms with van der Waals surface area (Å²) in [5.74, 6) is 0.231. The van der Waals surface area contributed by atoms with E-state index in [1.54, 1.807) is 0 Å². The monoisotopic (exact) mass is 208 g/mol. The maximum Gasteiger partial charge on any atom is 0.316 e. The lowest BCUT2D eigenvalue weighted by Gasteiger charge is -2.02. The van der Waals surface area contributed by atoms with Crippen LogP contribution < -0.4 is 5.46 Å². The number of esters is 1. The van der Waals surface area contributed by atoms with E-state index in [0.29, 0.717) is 12.4 Å². The van der Waals surface area contributed by atoms with E-state index in [4.69, 9.17) is 4.74 Å². The van der Waals surface area contributed by atoms with E-state index in [-0.39, 0.29) is 5.97 Å². The van der Waals surface area contributed by atoms with Crippen molar-refractivity contribution in [1.82, 2.24) is 0 Å². The van der Waals surface area contributed by atoms with Gasteiger partial charge in [-0.1, -0.05) is 17.6 Å². The van der Waals surface area contributed by atoms with Crippen LogP contribution in [0.1, 0.15) is 6.92 Å². The Bertz CT molecular complexity index is 297. The highest BCUT2D eigenvalue weighted by Gasteiger charge is 2.02. The first-order valence-electron chi connectivity index (χ1n) is 4.57. The Labute approximate surface area is 89.4 Å². The molecule has 0 radical (unpaired) electrons. The number of rotatable bonds is 4. The van der Waals surface area contributed by atoms with Crippen LogP contribution in [0.2, 0.25) is 0 Å². The molecule has 0 saturated heterocycles. The van der Waals surface area contributed by atoms with Crippen molar-refractivity contribution in [3.05, 3.63) is 24.3 Å². The Kier molecular flexibility index (Phi) is 4.60. The predicted molar refractivity (Wildman–Crippen MR) is 62.0 cm³/mol. The SMILES string of the molecule is Bc1ccc(SCC(=O)OCC)cc1. The lowest BCUT2D eigenvalue weighted by atomic mass is 9.97. The molecular formula is C10H13BO2S. The highest BCUT2D eigenvalue weighted by Crippen LogP contribution is 2.16.